The van der Waals surface area contributed by atoms with E-state index in [9.17, 15) is 0 Å². The number of methoxy groups -OCH3 is 2. The second-order valence-corrected chi connectivity index (χ2v) is 16.1. The molecule has 4 heterocycles. The molecule has 8 nitrogen and oxygen atoms in total. The first-order valence-electron chi connectivity index (χ1n) is 14.2. The molecule has 2 aromatic carbocycles. The number of hydrogen-bond donors (Lipinski definition) is 0. The first-order chi connectivity index (χ1) is 21.2. The molecule has 4 aromatic heterocycles. The Morgan fingerprint density at radius 1 is 0.455 bits per heavy atom. The fourth-order valence-corrected chi connectivity index (χ4v) is 12.6. The van der Waals surface area contributed by atoms with Crippen LogP contribution in [0, 0.1) is 0 Å². The van der Waals surface area contributed by atoms with Gasteiger partial charge in [-0.25, -0.2) is 0 Å². The standard InChI is InChI=1S/C34H36N4O4P2/c1-35-21-9-17-29(35)43(39,30-18-10-22-36(30)2)27-15-7-13-25(41-5)33(27)34-26(42-6)14-8-16-28(34)44(40,31-19-11-23-37(31)3)32-20-12-24-38(32)4/h7-24H,1-6H3. The normalized spacial score (nSPS) is 12.0. The minimum atomic E-state index is -3.55. The SMILES string of the molecule is COc1cccc(P(=O)(c2cccn2C)c2cccn2C)c1-c1c(OC)cccc1P(=O)(c1cccn1C)c1cccn1C. The predicted molar refractivity (Wildman–Crippen MR) is 180 cm³/mol. The zero-order valence-electron chi connectivity index (χ0n) is 25.7. The smallest absolute Gasteiger partial charge is 0.202 e. The Kier molecular flexibility index (Phi) is 7.61. The molecule has 0 atom stereocenters. The van der Waals surface area contributed by atoms with Gasteiger partial charge in [0.1, 0.15) is 11.5 Å². The quantitative estimate of drug-likeness (QED) is 0.228. The third-order valence-corrected chi connectivity index (χ3v) is 14.9. The van der Waals surface area contributed by atoms with Crippen molar-refractivity contribution in [3.8, 4) is 22.6 Å². The van der Waals surface area contributed by atoms with E-state index in [0.717, 1.165) is 0 Å². The van der Waals surface area contributed by atoms with Gasteiger partial charge in [0.25, 0.3) is 0 Å². The highest BCUT2D eigenvalue weighted by atomic mass is 31.2. The minimum Gasteiger partial charge on any atom is -0.496 e. The van der Waals surface area contributed by atoms with Crippen molar-refractivity contribution in [1.82, 2.24) is 18.3 Å². The fourth-order valence-electron chi connectivity index (χ4n) is 6.25. The number of aromatic nitrogens is 4. The van der Waals surface area contributed by atoms with E-state index in [-0.39, 0.29) is 0 Å². The van der Waals surface area contributed by atoms with Gasteiger partial charge in [0.2, 0.25) is 14.3 Å². The highest BCUT2D eigenvalue weighted by Crippen LogP contribution is 2.52. The highest BCUT2D eigenvalue weighted by molar-refractivity contribution is 7.86. The molecule has 6 aromatic rings. The van der Waals surface area contributed by atoms with Crippen LogP contribution in [0.5, 0.6) is 11.5 Å². The first-order valence-corrected chi connectivity index (χ1v) is 17.6. The number of rotatable bonds is 9. The maximum atomic E-state index is 16.0. The molecule has 0 aliphatic heterocycles. The maximum absolute atomic E-state index is 16.0. The molecular formula is C34H36N4O4P2. The van der Waals surface area contributed by atoms with Crippen molar-refractivity contribution < 1.29 is 18.6 Å². The van der Waals surface area contributed by atoms with Crippen molar-refractivity contribution in [2.45, 2.75) is 0 Å². The second kappa shape index (κ2) is 11.3. The number of benzene rings is 2. The lowest BCUT2D eigenvalue weighted by Crippen LogP contribution is -2.35. The average Bonchev–Trinajstić information content (AvgIpc) is 3.85. The summed E-state index contributed by atoms with van der Waals surface area (Å²) in [6.07, 6.45) is 7.60. The van der Waals surface area contributed by atoms with Gasteiger partial charge in [-0.3, -0.25) is 0 Å². The van der Waals surface area contributed by atoms with Crippen LogP contribution < -0.4 is 41.8 Å². The van der Waals surface area contributed by atoms with Crippen LogP contribution >= 0.6 is 14.3 Å². The summed E-state index contributed by atoms with van der Waals surface area (Å²) in [6, 6.07) is 26.4. The largest absolute Gasteiger partial charge is 0.496 e. The number of hydrogen-bond acceptors (Lipinski definition) is 4. The molecular weight excluding hydrogens is 590 g/mol. The van der Waals surface area contributed by atoms with E-state index >= 15 is 9.13 Å². The zero-order valence-corrected chi connectivity index (χ0v) is 27.5. The summed E-state index contributed by atoms with van der Waals surface area (Å²) in [6.45, 7) is 0. The summed E-state index contributed by atoms with van der Waals surface area (Å²) in [5.74, 6) is 1.00. The van der Waals surface area contributed by atoms with Crippen LogP contribution in [0.25, 0.3) is 11.1 Å². The van der Waals surface area contributed by atoms with Crippen molar-refractivity contribution >= 4 is 46.6 Å². The van der Waals surface area contributed by atoms with Gasteiger partial charge in [0.05, 0.1) is 36.0 Å². The minimum absolute atomic E-state index is 0.502. The molecule has 10 heteroatoms. The molecule has 0 amide bonds. The first kappa shape index (κ1) is 29.7. The summed E-state index contributed by atoms with van der Waals surface area (Å²) in [4.78, 5) is 0. The van der Waals surface area contributed by atoms with Gasteiger partial charge in [0, 0.05) is 74.7 Å². The van der Waals surface area contributed by atoms with Crippen LogP contribution in [0.3, 0.4) is 0 Å². The van der Waals surface area contributed by atoms with Crippen molar-refractivity contribution in [2.75, 3.05) is 14.2 Å². The molecule has 6 rings (SSSR count). The van der Waals surface area contributed by atoms with E-state index in [1.807, 2.05) is 156 Å². The molecule has 0 saturated carbocycles. The Balaban J connectivity index is 1.80. The molecule has 0 bridgehead atoms. The fraction of sp³-hybridized carbons (Fsp3) is 0.176. The van der Waals surface area contributed by atoms with Crippen molar-refractivity contribution in [3.05, 3.63) is 110 Å². The van der Waals surface area contributed by atoms with E-state index in [1.54, 1.807) is 14.2 Å². The Bertz CT molecular complexity index is 1840. The van der Waals surface area contributed by atoms with Gasteiger partial charge < -0.3 is 36.9 Å². The summed E-state index contributed by atoms with van der Waals surface area (Å²) in [5, 5.41) is 1.13. The Hall–Kier alpha value is -4.38. The van der Waals surface area contributed by atoms with Gasteiger partial charge in [-0.2, -0.15) is 0 Å². The van der Waals surface area contributed by atoms with Crippen LogP contribution in [-0.4, -0.2) is 32.5 Å². The van der Waals surface area contributed by atoms with E-state index in [1.165, 1.54) is 0 Å². The summed E-state index contributed by atoms with van der Waals surface area (Å²) in [5.41, 5.74) is 3.82. The summed E-state index contributed by atoms with van der Waals surface area (Å²) in [7, 11) is 3.70. The number of ether oxygens (including phenoxy) is 2. The summed E-state index contributed by atoms with van der Waals surface area (Å²) >= 11 is 0. The summed E-state index contributed by atoms with van der Waals surface area (Å²) < 4.78 is 51.6. The Morgan fingerprint density at radius 2 is 0.750 bits per heavy atom. The molecule has 0 fully saturated rings. The molecule has 0 unspecified atom stereocenters. The molecule has 226 valence electrons. The average molecular weight is 627 g/mol. The number of aryl methyl sites for hydroxylation is 4. The van der Waals surface area contributed by atoms with Crippen LogP contribution in [0.2, 0.25) is 0 Å². The van der Waals surface area contributed by atoms with Crippen molar-refractivity contribution in [1.29, 1.82) is 0 Å². The molecule has 0 aliphatic carbocycles. The third kappa shape index (κ3) is 4.36. The second-order valence-electron chi connectivity index (χ2n) is 10.8. The van der Waals surface area contributed by atoms with Crippen molar-refractivity contribution in [2.24, 2.45) is 28.2 Å². The van der Waals surface area contributed by atoms with Gasteiger partial charge in [-0.1, -0.05) is 12.1 Å². The highest BCUT2D eigenvalue weighted by Gasteiger charge is 2.42. The van der Waals surface area contributed by atoms with Crippen LogP contribution in [-0.2, 0) is 37.3 Å². The predicted octanol–water partition coefficient (Wildman–Crippen LogP) is 4.00. The van der Waals surface area contributed by atoms with Crippen LogP contribution in [0.4, 0.5) is 0 Å². The molecule has 0 saturated heterocycles. The lowest BCUT2D eigenvalue weighted by molar-refractivity contribution is 0.411. The van der Waals surface area contributed by atoms with Gasteiger partial charge >= 0.3 is 0 Å². The maximum Gasteiger partial charge on any atom is 0.202 e. The van der Waals surface area contributed by atoms with E-state index in [4.69, 9.17) is 9.47 Å². The molecule has 44 heavy (non-hydrogen) atoms. The monoisotopic (exact) mass is 626 g/mol. The topological polar surface area (TPSA) is 72.3 Å². The Morgan fingerprint density at radius 3 is 0.977 bits per heavy atom. The van der Waals surface area contributed by atoms with Crippen molar-refractivity contribution in [3.63, 3.8) is 0 Å². The number of nitrogens with zero attached hydrogens (tertiary/aromatic N) is 4. The molecule has 0 radical (unpaired) electrons. The van der Waals surface area contributed by atoms with Gasteiger partial charge in [0.15, 0.2) is 0 Å². The molecule has 0 spiro atoms. The van der Waals surface area contributed by atoms with Crippen LogP contribution in [0.1, 0.15) is 0 Å². The Labute approximate surface area is 257 Å². The molecule has 0 aliphatic rings. The van der Waals surface area contributed by atoms with E-state index < -0.39 is 14.3 Å². The van der Waals surface area contributed by atoms with E-state index in [2.05, 4.69) is 0 Å². The molecule has 0 N–H and O–H groups in total. The van der Waals surface area contributed by atoms with E-state index in [0.29, 0.717) is 55.0 Å². The third-order valence-electron chi connectivity index (χ3n) is 8.33. The lowest BCUT2D eigenvalue weighted by Gasteiger charge is -2.28. The van der Waals surface area contributed by atoms with Gasteiger partial charge in [-0.15, -0.1) is 0 Å². The van der Waals surface area contributed by atoms with Crippen LogP contribution in [0.15, 0.2) is 110 Å². The zero-order chi connectivity index (χ0) is 31.2. The lowest BCUT2D eigenvalue weighted by atomic mass is 10.0. The van der Waals surface area contributed by atoms with Gasteiger partial charge in [-0.05, 0) is 72.8 Å².